The van der Waals surface area contributed by atoms with Crippen molar-refractivity contribution in [3.63, 3.8) is 0 Å². The van der Waals surface area contributed by atoms with E-state index in [0.29, 0.717) is 12.3 Å². The van der Waals surface area contributed by atoms with E-state index in [1.807, 2.05) is 61.8 Å². The maximum absolute atomic E-state index is 12.6. The van der Waals surface area contributed by atoms with Crippen LogP contribution in [0.25, 0.3) is 10.8 Å². The summed E-state index contributed by atoms with van der Waals surface area (Å²) in [6.07, 6.45) is 1.85. The molecule has 6 heteroatoms. The number of furan rings is 1. The second-order valence-corrected chi connectivity index (χ2v) is 6.67. The third-order valence-electron chi connectivity index (χ3n) is 4.51. The Morgan fingerprint density at radius 3 is 2.75 bits per heavy atom. The summed E-state index contributed by atoms with van der Waals surface area (Å²) in [6.45, 7) is 0.674. The molecule has 142 valence electrons. The zero-order valence-corrected chi connectivity index (χ0v) is 15.8. The highest BCUT2D eigenvalue weighted by molar-refractivity contribution is 5.91. The average Bonchev–Trinajstić information content (AvgIpc) is 3.34. The Labute approximate surface area is 162 Å². The van der Waals surface area contributed by atoms with Crippen LogP contribution in [0.3, 0.4) is 0 Å². The van der Waals surface area contributed by atoms with Crippen LogP contribution in [0, 0.1) is 0 Å². The minimum absolute atomic E-state index is 0.193. The van der Waals surface area contributed by atoms with Crippen LogP contribution in [0.4, 0.5) is 0 Å². The van der Waals surface area contributed by atoms with Gasteiger partial charge in [0.25, 0.3) is 5.91 Å². The molecule has 0 saturated carbocycles. The van der Waals surface area contributed by atoms with Gasteiger partial charge in [-0.1, -0.05) is 36.4 Å². The van der Waals surface area contributed by atoms with Gasteiger partial charge in [-0.2, -0.15) is 5.10 Å². The van der Waals surface area contributed by atoms with E-state index < -0.39 is 0 Å². The molecule has 28 heavy (non-hydrogen) atoms. The highest BCUT2D eigenvalue weighted by atomic mass is 16.5. The van der Waals surface area contributed by atoms with E-state index in [9.17, 15) is 4.79 Å². The predicted molar refractivity (Wildman–Crippen MR) is 106 cm³/mol. The fourth-order valence-electron chi connectivity index (χ4n) is 3.09. The lowest BCUT2D eigenvalue weighted by Crippen LogP contribution is -2.26. The summed E-state index contributed by atoms with van der Waals surface area (Å²) in [6, 6.07) is 19.3. The van der Waals surface area contributed by atoms with Gasteiger partial charge in [-0.05, 0) is 29.7 Å². The minimum atomic E-state index is -0.193. The summed E-state index contributed by atoms with van der Waals surface area (Å²) in [5.74, 6) is 1.48. The Hall–Kier alpha value is -3.54. The van der Waals surface area contributed by atoms with Gasteiger partial charge in [0.1, 0.15) is 18.1 Å². The number of ether oxygens (including phenoxy) is 1. The van der Waals surface area contributed by atoms with E-state index in [1.54, 1.807) is 28.8 Å². The van der Waals surface area contributed by atoms with Gasteiger partial charge in [-0.15, -0.1) is 0 Å². The summed E-state index contributed by atoms with van der Waals surface area (Å²) in [7, 11) is 3.58. The number of nitrogens with zero attached hydrogens (tertiary/aromatic N) is 3. The van der Waals surface area contributed by atoms with Crippen LogP contribution in [-0.2, 0) is 20.2 Å². The Kier molecular flexibility index (Phi) is 4.85. The molecule has 0 saturated heterocycles. The number of aromatic nitrogens is 2. The van der Waals surface area contributed by atoms with Crippen molar-refractivity contribution in [1.29, 1.82) is 0 Å². The van der Waals surface area contributed by atoms with Crippen LogP contribution in [0.2, 0.25) is 0 Å². The molecule has 0 radical (unpaired) electrons. The lowest BCUT2D eigenvalue weighted by molar-refractivity contribution is 0.0747. The number of carbonyl (C=O) groups excluding carboxylic acids is 1. The smallest absolute Gasteiger partial charge is 0.289 e. The molecular formula is C22H21N3O3. The Balaban J connectivity index is 1.41. The Bertz CT molecular complexity index is 1110. The fourth-order valence-corrected chi connectivity index (χ4v) is 3.09. The van der Waals surface area contributed by atoms with E-state index >= 15 is 0 Å². The van der Waals surface area contributed by atoms with Crippen LogP contribution in [0.15, 0.2) is 71.3 Å². The minimum Gasteiger partial charge on any atom is -0.485 e. The summed E-state index contributed by atoms with van der Waals surface area (Å²) in [4.78, 5) is 14.2. The summed E-state index contributed by atoms with van der Waals surface area (Å²) >= 11 is 0. The number of amides is 1. The monoisotopic (exact) mass is 375 g/mol. The molecule has 2 aromatic carbocycles. The van der Waals surface area contributed by atoms with Gasteiger partial charge in [0.05, 0.1) is 12.2 Å². The van der Waals surface area contributed by atoms with Gasteiger partial charge in [0.15, 0.2) is 5.76 Å². The molecule has 2 heterocycles. The molecule has 0 atom stereocenters. The molecule has 4 aromatic rings. The van der Waals surface area contributed by atoms with Crippen LogP contribution < -0.4 is 4.74 Å². The van der Waals surface area contributed by atoms with Crippen molar-refractivity contribution in [1.82, 2.24) is 14.7 Å². The van der Waals surface area contributed by atoms with Crippen LogP contribution in [0.1, 0.15) is 22.0 Å². The standard InChI is InChI=1S/C22H21N3O3/c1-24(14-17-12-13-25(2)23-17)22(26)21-11-10-18(28-21)15-27-20-9-5-7-16-6-3-4-8-19(16)20/h3-13H,14-15H2,1-2H3. The molecule has 1 amide bonds. The van der Waals surface area contributed by atoms with Gasteiger partial charge in [0.2, 0.25) is 0 Å². The quantitative estimate of drug-likeness (QED) is 0.511. The fraction of sp³-hybridized carbons (Fsp3) is 0.182. The summed E-state index contributed by atoms with van der Waals surface area (Å²) in [5.41, 5.74) is 0.824. The molecular weight excluding hydrogens is 354 g/mol. The largest absolute Gasteiger partial charge is 0.485 e. The molecule has 0 bridgehead atoms. The highest BCUT2D eigenvalue weighted by Gasteiger charge is 2.17. The number of fused-ring (bicyclic) bond motifs is 1. The van der Waals surface area contributed by atoms with Crippen molar-refractivity contribution in [3.05, 3.63) is 84.1 Å². The number of aryl methyl sites for hydroxylation is 1. The highest BCUT2D eigenvalue weighted by Crippen LogP contribution is 2.26. The van der Waals surface area contributed by atoms with E-state index in [0.717, 1.165) is 22.2 Å². The zero-order valence-electron chi connectivity index (χ0n) is 15.8. The van der Waals surface area contributed by atoms with Gasteiger partial charge in [-0.25, -0.2) is 0 Å². The van der Waals surface area contributed by atoms with E-state index in [2.05, 4.69) is 5.10 Å². The van der Waals surface area contributed by atoms with Crippen LogP contribution >= 0.6 is 0 Å². The SMILES string of the molecule is CN(Cc1ccn(C)n1)C(=O)c1ccc(COc2cccc3ccccc23)o1. The lowest BCUT2D eigenvalue weighted by Gasteiger charge is -2.14. The topological polar surface area (TPSA) is 60.5 Å². The first-order chi connectivity index (χ1) is 13.6. The first kappa shape index (κ1) is 17.9. The molecule has 4 rings (SSSR count). The molecule has 6 nitrogen and oxygen atoms in total. The number of hydrogen-bond acceptors (Lipinski definition) is 4. The van der Waals surface area contributed by atoms with E-state index in [1.165, 1.54) is 0 Å². The van der Waals surface area contributed by atoms with Crippen molar-refractivity contribution in [3.8, 4) is 5.75 Å². The van der Waals surface area contributed by atoms with Crippen molar-refractivity contribution in [2.45, 2.75) is 13.2 Å². The number of benzene rings is 2. The van der Waals surface area contributed by atoms with E-state index in [-0.39, 0.29) is 18.3 Å². The van der Waals surface area contributed by atoms with Gasteiger partial charge < -0.3 is 14.1 Å². The van der Waals surface area contributed by atoms with Crippen LogP contribution in [-0.4, -0.2) is 27.6 Å². The number of rotatable bonds is 6. The van der Waals surface area contributed by atoms with Crippen molar-refractivity contribution < 1.29 is 13.9 Å². The maximum Gasteiger partial charge on any atom is 0.289 e. The lowest BCUT2D eigenvalue weighted by atomic mass is 10.1. The normalized spacial score (nSPS) is 10.9. The third kappa shape index (κ3) is 3.76. The van der Waals surface area contributed by atoms with Gasteiger partial charge in [-0.3, -0.25) is 9.48 Å². The molecule has 0 fully saturated rings. The number of hydrogen-bond donors (Lipinski definition) is 0. The second kappa shape index (κ2) is 7.60. The molecule has 0 aliphatic carbocycles. The van der Waals surface area contributed by atoms with Crippen molar-refractivity contribution >= 4 is 16.7 Å². The number of carbonyl (C=O) groups is 1. The van der Waals surface area contributed by atoms with Gasteiger partial charge >= 0.3 is 0 Å². The molecule has 2 aromatic heterocycles. The molecule has 0 spiro atoms. The van der Waals surface area contributed by atoms with E-state index in [4.69, 9.17) is 9.15 Å². The Morgan fingerprint density at radius 2 is 1.93 bits per heavy atom. The third-order valence-corrected chi connectivity index (χ3v) is 4.51. The summed E-state index contributed by atoms with van der Waals surface area (Å²) < 4.78 is 13.3. The van der Waals surface area contributed by atoms with Crippen LogP contribution in [0.5, 0.6) is 5.75 Å². The average molecular weight is 375 g/mol. The molecule has 0 N–H and O–H groups in total. The first-order valence-electron chi connectivity index (χ1n) is 9.03. The predicted octanol–water partition coefficient (Wildman–Crippen LogP) is 4.02. The molecule has 0 aliphatic heterocycles. The zero-order chi connectivity index (χ0) is 19.5. The first-order valence-corrected chi connectivity index (χ1v) is 9.03. The van der Waals surface area contributed by atoms with Crippen molar-refractivity contribution in [2.75, 3.05) is 7.05 Å². The summed E-state index contributed by atoms with van der Waals surface area (Å²) in [5, 5.41) is 6.45. The Morgan fingerprint density at radius 1 is 1.11 bits per heavy atom. The van der Waals surface area contributed by atoms with Gasteiger partial charge in [0, 0.05) is 25.7 Å². The molecule has 0 aliphatic rings. The molecule has 0 unspecified atom stereocenters. The maximum atomic E-state index is 12.6. The second-order valence-electron chi connectivity index (χ2n) is 6.67. The van der Waals surface area contributed by atoms with Crippen molar-refractivity contribution in [2.24, 2.45) is 7.05 Å².